The van der Waals surface area contributed by atoms with Crippen LogP contribution in [0.5, 0.6) is 0 Å². The number of Topliss-reactive ketones (excluding diaryl/α,β-unsaturated/α-hetero) is 1. The van der Waals surface area contributed by atoms with Crippen molar-refractivity contribution in [2.24, 2.45) is 0 Å². The van der Waals surface area contributed by atoms with Gasteiger partial charge in [0.15, 0.2) is 0 Å². The van der Waals surface area contributed by atoms with Gasteiger partial charge in [-0.1, -0.05) is 71.6 Å². The minimum Gasteiger partial charge on any atom is -0.505 e. The van der Waals surface area contributed by atoms with Gasteiger partial charge >= 0.3 is 0 Å². The molecule has 0 heterocycles. The Balaban J connectivity index is 2.36. The van der Waals surface area contributed by atoms with Gasteiger partial charge in [-0.3, -0.25) is 9.59 Å². The molecule has 0 amide bonds. The number of unbranched alkanes of at least 4 members (excludes halogenated alkanes) is 9. The van der Waals surface area contributed by atoms with Gasteiger partial charge in [-0.15, -0.1) is 0 Å². The largest absolute Gasteiger partial charge is 0.505 e. The summed E-state index contributed by atoms with van der Waals surface area (Å²) in [7, 11) is 0. The predicted octanol–water partition coefficient (Wildman–Crippen LogP) is 5.14. The van der Waals surface area contributed by atoms with Gasteiger partial charge in [-0.25, -0.2) is 0 Å². The van der Waals surface area contributed by atoms with E-state index >= 15 is 0 Å². The standard InChI is InChI=1S/C21H35NO3/c1-3-5-7-8-9-10-11-12-13-14-17-20(24)18(22-15-6-4-2)16-19(23)21(17)25/h16,22,24H,3-15H2,1-2H3. The lowest BCUT2D eigenvalue weighted by Crippen LogP contribution is -2.27. The van der Waals surface area contributed by atoms with Gasteiger partial charge in [0.05, 0.1) is 5.70 Å². The zero-order valence-corrected chi connectivity index (χ0v) is 16.0. The zero-order valence-electron chi connectivity index (χ0n) is 16.0. The average molecular weight is 350 g/mol. The van der Waals surface area contributed by atoms with E-state index in [1.54, 1.807) is 0 Å². The Kier molecular flexibility index (Phi) is 10.9. The van der Waals surface area contributed by atoms with Gasteiger partial charge < -0.3 is 10.4 Å². The van der Waals surface area contributed by atoms with E-state index in [1.807, 2.05) is 0 Å². The van der Waals surface area contributed by atoms with E-state index in [1.165, 1.54) is 44.6 Å². The Morgan fingerprint density at radius 1 is 0.840 bits per heavy atom. The molecule has 0 radical (unpaired) electrons. The third-order valence-corrected chi connectivity index (χ3v) is 4.69. The van der Waals surface area contributed by atoms with Gasteiger partial charge in [0.25, 0.3) is 0 Å². The van der Waals surface area contributed by atoms with Crippen molar-refractivity contribution in [1.29, 1.82) is 0 Å². The lowest BCUT2D eigenvalue weighted by atomic mass is 9.93. The highest BCUT2D eigenvalue weighted by atomic mass is 16.3. The first-order valence-corrected chi connectivity index (χ1v) is 10.1. The molecule has 0 saturated heterocycles. The summed E-state index contributed by atoms with van der Waals surface area (Å²) in [5.41, 5.74) is 0.693. The smallest absolute Gasteiger partial charge is 0.232 e. The topological polar surface area (TPSA) is 66.4 Å². The van der Waals surface area contributed by atoms with Crippen LogP contribution in [0.15, 0.2) is 23.1 Å². The van der Waals surface area contributed by atoms with E-state index in [0.29, 0.717) is 18.7 Å². The van der Waals surface area contributed by atoms with Crippen LogP contribution in [0, 0.1) is 0 Å². The maximum absolute atomic E-state index is 12.0. The van der Waals surface area contributed by atoms with Gasteiger partial charge in [0, 0.05) is 18.2 Å². The molecule has 0 aromatic heterocycles. The molecule has 0 aliphatic heterocycles. The van der Waals surface area contributed by atoms with Crippen LogP contribution in [0.25, 0.3) is 0 Å². The molecule has 1 rings (SSSR count). The number of hydrogen-bond acceptors (Lipinski definition) is 4. The third kappa shape index (κ3) is 7.89. The lowest BCUT2D eigenvalue weighted by molar-refractivity contribution is -0.132. The van der Waals surface area contributed by atoms with E-state index in [-0.39, 0.29) is 11.3 Å². The molecular formula is C21H35NO3. The van der Waals surface area contributed by atoms with E-state index in [2.05, 4.69) is 19.2 Å². The first kappa shape index (κ1) is 21.5. The van der Waals surface area contributed by atoms with Crippen LogP contribution < -0.4 is 5.32 Å². The van der Waals surface area contributed by atoms with Gasteiger partial charge in [0.2, 0.25) is 11.6 Å². The normalized spacial score (nSPS) is 14.9. The summed E-state index contributed by atoms with van der Waals surface area (Å²) in [6, 6.07) is 0. The molecular weight excluding hydrogens is 314 g/mol. The predicted molar refractivity (Wildman–Crippen MR) is 103 cm³/mol. The summed E-state index contributed by atoms with van der Waals surface area (Å²) < 4.78 is 0. The highest BCUT2D eigenvalue weighted by Gasteiger charge is 2.27. The minimum atomic E-state index is -0.543. The molecule has 0 fully saturated rings. The molecule has 4 heteroatoms. The Hall–Kier alpha value is -1.58. The van der Waals surface area contributed by atoms with Crippen LogP contribution in [-0.4, -0.2) is 23.2 Å². The van der Waals surface area contributed by atoms with Crippen molar-refractivity contribution in [3.05, 3.63) is 23.1 Å². The average Bonchev–Trinajstić information content (AvgIpc) is 2.60. The van der Waals surface area contributed by atoms with Crippen molar-refractivity contribution in [2.75, 3.05) is 6.54 Å². The number of nitrogens with one attached hydrogen (secondary N) is 1. The highest BCUT2D eigenvalue weighted by Crippen LogP contribution is 2.23. The molecule has 0 atom stereocenters. The van der Waals surface area contributed by atoms with Crippen LogP contribution in [0.3, 0.4) is 0 Å². The Morgan fingerprint density at radius 3 is 2.00 bits per heavy atom. The van der Waals surface area contributed by atoms with E-state index in [9.17, 15) is 14.7 Å². The summed E-state index contributed by atoms with van der Waals surface area (Å²) in [6.07, 6.45) is 14.5. The molecule has 0 aromatic rings. The molecule has 4 nitrogen and oxygen atoms in total. The number of rotatable bonds is 14. The number of hydrogen-bond donors (Lipinski definition) is 2. The Morgan fingerprint density at radius 2 is 1.40 bits per heavy atom. The number of ketones is 2. The molecule has 1 aliphatic carbocycles. The number of carbonyl (C=O) groups excluding carboxylic acids is 2. The lowest BCUT2D eigenvalue weighted by Gasteiger charge is -2.17. The van der Waals surface area contributed by atoms with Gasteiger partial charge in [-0.2, -0.15) is 0 Å². The summed E-state index contributed by atoms with van der Waals surface area (Å²) in [6.45, 7) is 5.00. The van der Waals surface area contributed by atoms with E-state index in [4.69, 9.17) is 0 Å². The molecule has 0 aromatic carbocycles. The molecule has 2 N–H and O–H groups in total. The second-order valence-electron chi connectivity index (χ2n) is 6.94. The van der Waals surface area contributed by atoms with Crippen LogP contribution in [-0.2, 0) is 9.59 Å². The zero-order chi connectivity index (χ0) is 18.5. The maximum atomic E-state index is 12.0. The minimum absolute atomic E-state index is 0.0275. The SMILES string of the molecule is CCCCCCCCCCCC1=C(O)C(NCCCC)=CC(=O)C1=O. The van der Waals surface area contributed by atoms with E-state index in [0.717, 1.165) is 32.1 Å². The monoisotopic (exact) mass is 349 g/mol. The van der Waals surface area contributed by atoms with Crippen molar-refractivity contribution in [3.8, 4) is 0 Å². The maximum Gasteiger partial charge on any atom is 0.232 e. The molecule has 0 bridgehead atoms. The van der Waals surface area contributed by atoms with Crippen molar-refractivity contribution in [3.63, 3.8) is 0 Å². The number of aliphatic hydroxyl groups is 1. The number of aliphatic hydroxyl groups excluding tert-OH is 1. The molecule has 142 valence electrons. The van der Waals surface area contributed by atoms with Crippen LogP contribution >= 0.6 is 0 Å². The first-order valence-electron chi connectivity index (χ1n) is 10.1. The molecule has 0 spiro atoms. The summed E-state index contributed by atoms with van der Waals surface area (Å²) in [5, 5.41) is 13.4. The fraction of sp³-hybridized carbons (Fsp3) is 0.714. The van der Waals surface area contributed by atoms with Crippen LogP contribution in [0.1, 0.15) is 90.9 Å². The molecule has 25 heavy (non-hydrogen) atoms. The van der Waals surface area contributed by atoms with Crippen molar-refractivity contribution < 1.29 is 14.7 Å². The molecule has 0 saturated carbocycles. The Bertz CT molecular complexity index is 491. The second kappa shape index (κ2) is 12.7. The fourth-order valence-corrected chi connectivity index (χ4v) is 3.06. The van der Waals surface area contributed by atoms with Crippen molar-refractivity contribution in [1.82, 2.24) is 5.32 Å². The third-order valence-electron chi connectivity index (χ3n) is 4.69. The molecule has 1 aliphatic rings. The van der Waals surface area contributed by atoms with Gasteiger partial charge in [-0.05, 0) is 19.3 Å². The highest BCUT2D eigenvalue weighted by molar-refractivity contribution is 6.48. The molecule has 0 unspecified atom stereocenters. The second-order valence-corrected chi connectivity index (χ2v) is 6.94. The van der Waals surface area contributed by atoms with Crippen molar-refractivity contribution >= 4 is 11.6 Å². The van der Waals surface area contributed by atoms with Crippen molar-refractivity contribution in [2.45, 2.75) is 90.9 Å². The summed E-state index contributed by atoms with van der Waals surface area (Å²) in [4.78, 5) is 23.9. The Labute approximate surface area is 152 Å². The summed E-state index contributed by atoms with van der Waals surface area (Å²) in [5.74, 6) is -1.10. The van der Waals surface area contributed by atoms with Crippen LogP contribution in [0.4, 0.5) is 0 Å². The fourth-order valence-electron chi connectivity index (χ4n) is 3.06. The van der Waals surface area contributed by atoms with Gasteiger partial charge in [0.1, 0.15) is 5.76 Å². The number of carbonyl (C=O) groups is 2. The van der Waals surface area contributed by atoms with Crippen LogP contribution in [0.2, 0.25) is 0 Å². The van der Waals surface area contributed by atoms with E-state index < -0.39 is 11.6 Å². The number of allylic oxidation sites excluding steroid dienone is 2. The first-order chi connectivity index (χ1) is 12.1. The quantitative estimate of drug-likeness (QED) is 0.259. The summed E-state index contributed by atoms with van der Waals surface area (Å²) >= 11 is 0.